The van der Waals surface area contributed by atoms with Gasteiger partial charge in [-0.25, -0.2) is 0 Å². The van der Waals surface area contributed by atoms with Crippen molar-refractivity contribution in [3.05, 3.63) is 131 Å². The highest BCUT2D eigenvalue weighted by atomic mass is 16.7. The van der Waals surface area contributed by atoms with Crippen molar-refractivity contribution in [2.24, 2.45) is 35.8 Å². The molecule has 3 rings (SSSR count). The van der Waals surface area contributed by atoms with Crippen LogP contribution in [0, 0.1) is 0 Å². The molecular weight excluding hydrogens is 1250 g/mol. The molecule has 49 nitrogen and oxygen atoms in total. The lowest BCUT2D eigenvalue weighted by Gasteiger charge is -2.44. The number of azide groups is 7. The molecule has 19 atom stereocenters. The van der Waals surface area contributed by atoms with Gasteiger partial charge in [0.15, 0.2) is 70.2 Å². The number of hydrogen-bond donors (Lipinski definition) is 20. The molecule has 1 saturated heterocycles. The van der Waals surface area contributed by atoms with E-state index >= 15 is 0 Å². The molecule has 0 aromatic carbocycles. The standard InChI is InChI=1S/C42H65N21O28/c43-57-50-7-1-14-21(64)29(72)37(79)86-16(3-9-52-59-45)23(66)31(74)39(81)88-18(5-11-54-61-47)25(68)33(76)41(83)91-35-20(13-56-63-49)90-42(34(77)27(35)70)89-19(6-12-55-62-48)26(69)32(75)40(82)87-17(4-10-53-60-46)24(67)30(73)38(80)85-15(2-8-51-58-44)22(65)28(71)36(78)84-14/h14-20,25,27,33-42,64-83H,1-13H2/b28-22+,29-21-,30-24+,31-23+,32-26-. The van der Waals surface area contributed by atoms with E-state index in [0.717, 1.165) is 0 Å². The van der Waals surface area contributed by atoms with Crippen LogP contribution in [-0.2, 0) is 37.9 Å². The van der Waals surface area contributed by atoms with E-state index in [-0.39, 0.29) is 0 Å². The van der Waals surface area contributed by atoms with Crippen LogP contribution in [0.15, 0.2) is 93.4 Å². The molecule has 3 aliphatic heterocycles. The zero-order valence-corrected chi connectivity index (χ0v) is 46.8. The monoisotopic (exact) mass is 1310 g/mol. The molecule has 0 saturated carbocycles. The van der Waals surface area contributed by atoms with Crippen LogP contribution in [0.5, 0.6) is 0 Å². The highest BCUT2D eigenvalue weighted by Gasteiger charge is 2.49. The molecule has 0 radical (unpaired) electrons. The van der Waals surface area contributed by atoms with Crippen LogP contribution in [0.1, 0.15) is 38.5 Å². The lowest BCUT2D eigenvalue weighted by atomic mass is 9.97. The highest BCUT2D eigenvalue weighted by molar-refractivity contribution is 5.15. The van der Waals surface area contributed by atoms with Crippen LogP contribution in [0.4, 0.5) is 0 Å². The molecule has 91 heavy (non-hydrogen) atoms. The Morgan fingerprint density at radius 2 is 0.549 bits per heavy atom. The number of nitrogens with zero attached hydrogens (tertiary/aromatic N) is 21. The fraction of sp³-hybridized carbons (Fsp3) is 0.762. The first kappa shape index (κ1) is 78.2. The van der Waals surface area contributed by atoms with E-state index < -0.39 is 259 Å². The Hall–Kier alpha value is -8.85. The van der Waals surface area contributed by atoms with Gasteiger partial charge in [-0.15, -0.1) is 0 Å². The van der Waals surface area contributed by atoms with Crippen LogP contribution in [0.3, 0.4) is 0 Å². The third-order valence-corrected chi connectivity index (χ3v) is 12.4. The Balaban J connectivity index is 3.08. The molecule has 2 bridgehead atoms. The van der Waals surface area contributed by atoms with Crippen molar-refractivity contribution in [3.8, 4) is 0 Å². The predicted molar refractivity (Wildman–Crippen MR) is 290 cm³/mol. The van der Waals surface area contributed by atoms with Gasteiger partial charge in [0, 0.05) is 73.7 Å². The lowest BCUT2D eigenvalue weighted by Crippen LogP contribution is -2.62. The molecule has 49 heteroatoms. The first-order valence-corrected chi connectivity index (χ1v) is 25.9. The highest BCUT2D eigenvalue weighted by Crippen LogP contribution is 2.32. The second-order valence-corrected chi connectivity index (χ2v) is 18.3. The minimum atomic E-state index is -2.95. The topological polar surface area (TPSA) is 820 Å². The Kier molecular flexibility index (Phi) is 35.0. The van der Waals surface area contributed by atoms with Gasteiger partial charge in [0.25, 0.3) is 0 Å². The summed E-state index contributed by atoms with van der Waals surface area (Å²) in [6.07, 6.45) is -52.4. The van der Waals surface area contributed by atoms with Crippen molar-refractivity contribution in [2.45, 2.75) is 156 Å². The molecule has 0 amide bonds. The summed E-state index contributed by atoms with van der Waals surface area (Å²) < 4.78 is 42.5. The van der Waals surface area contributed by atoms with E-state index in [1.54, 1.807) is 0 Å². The molecular formula is C42H65N21O28. The summed E-state index contributed by atoms with van der Waals surface area (Å²) in [5, 5.41) is 245. The number of ether oxygens (including phenoxy) is 8. The van der Waals surface area contributed by atoms with Crippen LogP contribution in [-0.4, -0.2) is 265 Å². The molecule has 0 aliphatic carbocycles. The summed E-state index contributed by atoms with van der Waals surface area (Å²) in [6, 6.07) is 0. The smallest absolute Gasteiger partial charge is 0.218 e. The molecule has 0 aromatic rings. The maximum absolute atomic E-state index is 11.4. The maximum Gasteiger partial charge on any atom is 0.218 e. The summed E-state index contributed by atoms with van der Waals surface area (Å²) in [5.41, 5.74) is 62.7. The Morgan fingerprint density at radius 1 is 0.275 bits per heavy atom. The van der Waals surface area contributed by atoms with Crippen LogP contribution in [0.25, 0.3) is 73.1 Å². The van der Waals surface area contributed by atoms with Crippen LogP contribution in [0.2, 0.25) is 0 Å². The Morgan fingerprint density at radius 3 is 0.846 bits per heavy atom. The lowest BCUT2D eigenvalue weighted by molar-refractivity contribution is -0.334. The largest absolute Gasteiger partial charge is 0.506 e. The van der Waals surface area contributed by atoms with Crippen LogP contribution < -0.4 is 0 Å². The van der Waals surface area contributed by atoms with E-state index in [1.165, 1.54) is 0 Å². The summed E-state index contributed by atoms with van der Waals surface area (Å²) in [7, 11) is 0. The van der Waals surface area contributed by atoms with Crippen molar-refractivity contribution in [1.29, 1.82) is 0 Å². The fourth-order valence-electron chi connectivity index (χ4n) is 7.80. The quantitative estimate of drug-likeness (QED) is 0.0470. The minimum Gasteiger partial charge on any atom is -0.506 e. The molecule has 1 fully saturated rings. The third-order valence-electron chi connectivity index (χ3n) is 12.4. The number of aliphatic hydroxyl groups is 20. The summed E-state index contributed by atoms with van der Waals surface area (Å²) in [6.45, 7) is -5.22. The SMILES string of the molecule is [N-]=[N+]=NCCC1OC(O)/C(O)=C(\O)C(CCN=[N+]=[N-])OC(O)/C(O)=C(\O)C(CCN=[N+]=[N-])OC(O)/C(O)=C(/O)C(CCN=[N+]=[N-])OC2OC(CN=[N+]=[N-])C(OC(O)C(O)C(O)C(CCN=[N+]=[N-])OC(O)/C(O)=C(\O)C(CCN=[N+]=[N-])OC(O)/C(O)=C\1O)C(O)C2O. The average Bonchev–Trinajstić information content (AvgIpc) is 1.01. The summed E-state index contributed by atoms with van der Waals surface area (Å²) >= 11 is 0. The Bertz CT molecular complexity index is 2890. The number of aliphatic hydroxyl groups excluding tert-OH is 20. The van der Waals surface area contributed by atoms with E-state index in [2.05, 4.69) is 70.2 Å². The fourth-order valence-corrected chi connectivity index (χ4v) is 7.80. The van der Waals surface area contributed by atoms with Gasteiger partial charge in [0.2, 0.25) is 31.5 Å². The van der Waals surface area contributed by atoms with Gasteiger partial charge in [0.1, 0.15) is 61.0 Å². The van der Waals surface area contributed by atoms with Gasteiger partial charge in [-0.05, 0) is 77.2 Å². The van der Waals surface area contributed by atoms with E-state index in [0.29, 0.717) is 0 Å². The molecule has 0 spiro atoms. The third kappa shape index (κ3) is 24.1. The molecule has 506 valence electrons. The first-order valence-electron chi connectivity index (χ1n) is 25.9. The van der Waals surface area contributed by atoms with Crippen molar-refractivity contribution in [2.75, 3.05) is 45.8 Å². The van der Waals surface area contributed by atoms with Gasteiger partial charge in [0.05, 0.1) is 18.8 Å². The zero-order valence-electron chi connectivity index (χ0n) is 46.8. The zero-order chi connectivity index (χ0) is 68.5. The summed E-state index contributed by atoms with van der Waals surface area (Å²) in [5.74, 6) is -16.5. The maximum atomic E-state index is 11.4. The van der Waals surface area contributed by atoms with Crippen molar-refractivity contribution in [1.82, 2.24) is 0 Å². The average molecular weight is 1310 g/mol. The van der Waals surface area contributed by atoms with Crippen molar-refractivity contribution in [3.63, 3.8) is 0 Å². The molecule has 3 aliphatic rings. The van der Waals surface area contributed by atoms with Crippen molar-refractivity contribution >= 4 is 0 Å². The van der Waals surface area contributed by atoms with Gasteiger partial charge in [-0.3, -0.25) is 0 Å². The first-order chi connectivity index (χ1) is 43.2. The van der Waals surface area contributed by atoms with E-state index in [9.17, 15) is 102 Å². The van der Waals surface area contributed by atoms with Gasteiger partial charge in [-0.2, -0.15) is 0 Å². The minimum absolute atomic E-state index is 0.673. The van der Waals surface area contributed by atoms with Crippen LogP contribution >= 0.6 is 0 Å². The number of rotatable bonds is 20. The molecule has 3 heterocycles. The van der Waals surface area contributed by atoms with E-state index in [1.807, 2.05) is 0 Å². The Labute approximate surface area is 507 Å². The second-order valence-electron chi connectivity index (χ2n) is 18.3. The summed E-state index contributed by atoms with van der Waals surface area (Å²) in [4.78, 5) is 17.4. The van der Waals surface area contributed by atoms with Gasteiger partial charge >= 0.3 is 0 Å². The van der Waals surface area contributed by atoms with Crippen molar-refractivity contribution < 1.29 is 140 Å². The van der Waals surface area contributed by atoms with Gasteiger partial charge in [-0.1, -0.05) is 35.8 Å². The number of fused-ring (bicyclic) bond motifs is 27. The van der Waals surface area contributed by atoms with E-state index in [4.69, 9.17) is 76.6 Å². The van der Waals surface area contributed by atoms with Gasteiger partial charge < -0.3 is 140 Å². The molecule has 20 N–H and O–H groups in total. The second kappa shape index (κ2) is 40.7. The number of hydrogen-bond acceptors (Lipinski definition) is 35. The normalized spacial score (nSPS) is 35.9. The predicted octanol–water partition coefficient (Wildman–Crippen LogP) is 1.93. The molecule has 19 unspecified atom stereocenters. The molecule has 0 aromatic heterocycles.